The summed E-state index contributed by atoms with van der Waals surface area (Å²) in [5, 5.41) is 11.9. The van der Waals surface area contributed by atoms with E-state index in [1.807, 2.05) is 12.1 Å². The molecule has 5 nitrogen and oxygen atoms in total. The van der Waals surface area contributed by atoms with Gasteiger partial charge in [-0.1, -0.05) is 31.2 Å². The average Bonchev–Trinajstić information content (AvgIpc) is 2.72. The second-order valence-electron chi connectivity index (χ2n) is 8.22. The van der Waals surface area contributed by atoms with Gasteiger partial charge >= 0.3 is 6.18 Å². The molecular weight excluding hydrogens is 431 g/mol. The molecule has 1 fully saturated rings. The summed E-state index contributed by atoms with van der Waals surface area (Å²) in [6.45, 7) is 4.33. The van der Waals surface area contributed by atoms with Gasteiger partial charge in [-0.05, 0) is 48.1 Å². The number of piperidine rings is 1. The molecule has 2 N–H and O–H groups in total. The lowest BCUT2D eigenvalue weighted by Crippen LogP contribution is -2.41. The van der Waals surface area contributed by atoms with Gasteiger partial charge in [0.2, 0.25) is 0 Å². The Kier molecular flexibility index (Phi) is 7.24. The van der Waals surface area contributed by atoms with Crippen molar-refractivity contribution in [3.63, 3.8) is 0 Å². The van der Waals surface area contributed by atoms with Crippen LogP contribution in [0.3, 0.4) is 0 Å². The maximum Gasteiger partial charge on any atom is 0.412 e. The van der Waals surface area contributed by atoms with Gasteiger partial charge < -0.3 is 15.0 Å². The minimum atomic E-state index is -4.52. The van der Waals surface area contributed by atoms with Crippen LogP contribution < -0.4 is 14.8 Å². The molecule has 0 radical (unpaired) electrons. The van der Waals surface area contributed by atoms with E-state index >= 15 is 0 Å². The van der Waals surface area contributed by atoms with Gasteiger partial charge in [-0.2, -0.15) is 17.8 Å². The molecule has 2 aromatic carbocycles. The van der Waals surface area contributed by atoms with E-state index in [0.29, 0.717) is 16.9 Å². The molecular formula is C22H27ClF3N3O2. The van der Waals surface area contributed by atoms with Crippen LogP contribution in [-0.2, 0) is 4.74 Å². The zero-order valence-electron chi connectivity index (χ0n) is 17.5. The Labute approximate surface area is 185 Å². The summed E-state index contributed by atoms with van der Waals surface area (Å²) in [5.41, 5.74) is 1.45. The van der Waals surface area contributed by atoms with Gasteiger partial charge in [0.25, 0.3) is 0 Å². The van der Waals surface area contributed by atoms with E-state index in [0.717, 1.165) is 31.6 Å². The minimum absolute atomic E-state index is 0.0240. The Hall–Kier alpha value is -2.16. The van der Waals surface area contributed by atoms with Crippen LogP contribution >= 0.6 is 11.8 Å². The summed E-state index contributed by atoms with van der Waals surface area (Å²) in [6, 6.07) is 10.4. The molecule has 0 bridgehead atoms. The van der Waals surface area contributed by atoms with Crippen molar-refractivity contribution in [3.8, 4) is 0 Å². The molecule has 170 valence electrons. The fourth-order valence-corrected chi connectivity index (χ4v) is 4.06. The van der Waals surface area contributed by atoms with Crippen molar-refractivity contribution >= 4 is 28.8 Å². The van der Waals surface area contributed by atoms with Crippen LogP contribution in [0.25, 0.3) is 0 Å². The number of alkyl halides is 3. The summed E-state index contributed by atoms with van der Waals surface area (Å²) < 4.78 is 47.5. The molecule has 31 heavy (non-hydrogen) atoms. The van der Waals surface area contributed by atoms with Crippen LogP contribution in [0.1, 0.15) is 31.4 Å². The van der Waals surface area contributed by atoms with Crippen molar-refractivity contribution in [3.05, 3.63) is 54.1 Å². The van der Waals surface area contributed by atoms with Crippen molar-refractivity contribution < 1.29 is 23.1 Å². The van der Waals surface area contributed by atoms with Gasteiger partial charge in [-0.3, -0.25) is 5.21 Å². The number of methoxy groups -OCH3 is 1. The first-order chi connectivity index (χ1) is 14.6. The molecule has 2 aromatic rings. The number of hydrogen-bond donors (Lipinski definition) is 2. The van der Waals surface area contributed by atoms with Gasteiger partial charge in [-0.25, -0.2) is 0 Å². The number of halogens is 4. The van der Waals surface area contributed by atoms with E-state index in [2.05, 4.69) is 17.1 Å². The van der Waals surface area contributed by atoms with Crippen molar-refractivity contribution in [2.24, 2.45) is 5.41 Å². The predicted molar refractivity (Wildman–Crippen MR) is 117 cm³/mol. The Morgan fingerprint density at radius 2 is 1.77 bits per heavy atom. The first-order valence-electron chi connectivity index (χ1n) is 10.0. The Balaban J connectivity index is 1.83. The number of nitrogens with zero attached hydrogens (tertiary/aromatic N) is 2. The molecule has 3 rings (SSSR count). The molecule has 0 amide bonds. The van der Waals surface area contributed by atoms with Gasteiger partial charge in [0.05, 0.1) is 23.7 Å². The van der Waals surface area contributed by atoms with E-state index < -0.39 is 12.2 Å². The number of para-hydroxylation sites is 2. The fraction of sp³-hybridized carbons (Fsp3) is 0.455. The summed E-state index contributed by atoms with van der Waals surface area (Å²) in [6.07, 6.45) is -2.72. The standard InChI is InChI=1S/C22H27ClF3N3O2/c1-21(15-31-2)11-13-28(14-12-21)19-6-4-3-5-18(19)27-20(22(24,25)26)16-7-9-17(10-8-16)29(23)30/h3-10,20,27,30H,11-15H2,1-2H3. The highest BCUT2D eigenvalue weighted by atomic mass is 35.5. The van der Waals surface area contributed by atoms with Crippen LogP contribution in [0.5, 0.6) is 0 Å². The number of benzene rings is 2. The molecule has 1 heterocycles. The number of anilines is 3. The normalized spacial score (nSPS) is 17.3. The number of ether oxygens (including phenoxy) is 1. The maximum atomic E-state index is 13.9. The van der Waals surface area contributed by atoms with E-state index in [4.69, 9.17) is 16.5 Å². The highest BCUT2D eigenvalue weighted by molar-refractivity contribution is 6.24. The first kappa shape index (κ1) is 23.5. The Morgan fingerprint density at radius 3 is 2.32 bits per heavy atom. The monoisotopic (exact) mass is 457 g/mol. The highest BCUT2D eigenvalue weighted by Crippen LogP contribution is 2.40. The lowest BCUT2D eigenvalue weighted by Gasteiger charge is -2.41. The topological polar surface area (TPSA) is 48.0 Å². The first-order valence-corrected chi connectivity index (χ1v) is 10.4. The predicted octanol–water partition coefficient (Wildman–Crippen LogP) is 6.00. The van der Waals surface area contributed by atoms with E-state index in [1.165, 1.54) is 24.3 Å². The summed E-state index contributed by atoms with van der Waals surface area (Å²) in [5.74, 6) is 0. The molecule has 0 aliphatic carbocycles. The zero-order chi connectivity index (χ0) is 22.6. The SMILES string of the molecule is COCC1(C)CCN(c2ccccc2NC(c2ccc(N(O)Cl)cc2)C(F)(F)F)CC1. The molecule has 9 heteroatoms. The van der Waals surface area contributed by atoms with E-state index in [9.17, 15) is 18.4 Å². The van der Waals surface area contributed by atoms with Gasteiger partial charge in [0, 0.05) is 32.0 Å². The largest absolute Gasteiger partial charge is 0.412 e. The fourth-order valence-electron chi connectivity index (χ4n) is 3.95. The third kappa shape index (κ3) is 5.75. The molecule has 1 aliphatic heterocycles. The molecule has 0 aromatic heterocycles. The van der Waals surface area contributed by atoms with Crippen LogP contribution in [-0.4, -0.2) is 38.2 Å². The van der Waals surface area contributed by atoms with Crippen LogP contribution in [0.4, 0.5) is 30.2 Å². The van der Waals surface area contributed by atoms with Gasteiger partial charge in [-0.15, -0.1) is 0 Å². The van der Waals surface area contributed by atoms with Crippen molar-refractivity contribution in [2.45, 2.75) is 32.0 Å². The zero-order valence-corrected chi connectivity index (χ0v) is 18.2. The maximum absolute atomic E-state index is 13.9. The number of rotatable bonds is 7. The van der Waals surface area contributed by atoms with Crippen LogP contribution in [0, 0.1) is 5.41 Å². The van der Waals surface area contributed by atoms with Gasteiger partial charge in [0.1, 0.15) is 6.04 Å². The third-order valence-electron chi connectivity index (χ3n) is 5.77. The summed E-state index contributed by atoms with van der Waals surface area (Å²) >= 11 is 5.44. The smallest absolute Gasteiger partial charge is 0.384 e. The Bertz CT molecular complexity index is 854. The minimum Gasteiger partial charge on any atom is -0.384 e. The number of nitrogens with one attached hydrogen (secondary N) is 1. The van der Waals surface area contributed by atoms with Gasteiger partial charge in [0.15, 0.2) is 0 Å². The van der Waals surface area contributed by atoms with E-state index in [-0.39, 0.29) is 16.7 Å². The molecule has 1 aliphatic rings. The summed E-state index contributed by atoms with van der Waals surface area (Å²) in [7, 11) is 1.69. The third-order valence-corrected chi connectivity index (χ3v) is 5.97. The molecule has 0 saturated carbocycles. The quantitative estimate of drug-likeness (QED) is 0.394. The van der Waals surface area contributed by atoms with Crippen LogP contribution in [0.2, 0.25) is 0 Å². The molecule has 1 saturated heterocycles. The van der Waals surface area contributed by atoms with Crippen LogP contribution in [0.15, 0.2) is 48.5 Å². The molecule has 1 atom stereocenters. The molecule has 1 unspecified atom stereocenters. The highest BCUT2D eigenvalue weighted by Gasteiger charge is 2.41. The lowest BCUT2D eigenvalue weighted by molar-refractivity contribution is -0.144. The summed E-state index contributed by atoms with van der Waals surface area (Å²) in [4.78, 5) is 2.12. The second-order valence-corrected chi connectivity index (χ2v) is 8.54. The second kappa shape index (κ2) is 9.54. The van der Waals surface area contributed by atoms with Crippen molar-refractivity contribution in [1.82, 2.24) is 0 Å². The molecule has 0 spiro atoms. The van der Waals surface area contributed by atoms with Crippen molar-refractivity contribution in [2.75, 3.05) is 41.6 Å². The van der Waals surface area contributed by atoms with E-state index in [1.54, 1.807) is 19.2 Å². The van der Waals surface area contributed by atoms with Crippen molar-refractivity contribution in [1.29, 1.82) is 0 Å². The lowest BCUT2D eigenvalue weighted by atomic mass is 9.81. The Morgan fingerprint density at radius 1 is 1.16 bits per heavy atom. The number of hydrogen-bond acceptors (Lipinski definition) is 5. The average molecular weight is 458 g/mol.